The van der Waals surface area contributed by atoms with Gasteiger partial charge in [0.2, 0.25) is 5.91 Å². The Hall–Kier alpha value is -0.650. The minimum absolute atomic E-state index is 0.0150. The van der Waals surface area contributed by atoms with E-state index in [1.54, 1.807) is 0 Å². The Morgan fingerprint density at radius 2 is 2.10 bits per heavy atom. The quantitative estimate of drug-likeness (QED) is 0.776. The first-order chi connectivity index (χ1) is 9.68. The molecule has 2 rings (SSSR count). The van der Waals surface area contributed by atoms with Crippen molar-refractivity contribution in [3.63, 3.8) is 0 Å². The number of rotatable bonds is 5. The number of hydrogen-bond acceptors (Lipinski definition) is 4. The largest absolute Gasteiger partial charge is 0.379 e. The second-order valence-electron chi connectivity index (χ2n) is 6.21. The fourth-order valence-electron chi connectivity index (χ4n) is 3.10. The SMILES string of the molecule is CC(C)C(CNC(=O)C1CCCCN1)N1CCOCC1. The Bertz CT molecular complexity index is 297. The minimum atomic E-state index is 0.0150. The van der Waals surface area contributed by atoms with Gasteiger partial charge in [0.1, 0.15) is 0 Å². The molecule has 2 aliphatic heterocycles. The van der Waals surface area contributed by atoms with Crippen molar-refractivity contribution in [2.75, 3.05) is 39.4 Å². The third-order valence-corrected chi connectivity index (χ3v) is 4.40. The first-order valence-corrected chi connectivity index (χ1v) is 8.01. The molecular weight excluding hydrogens is 254 g/mol. The van der Waals surface area contributed by atoms with Gasteiger partial charge >= 0.3 is 0 Å². The van der Waals surface area contributed by atoms with Gasteiger partial charge in [-0.15, -0.1) is 0 Å². The highest BCUT2D eigenvalue weighted by atomic mass is 16.5. The first kappa shape index (κ1) is 15.7. The number of nitrogens with zero attached hydrogens (tertiary/aromatic N) is 1. The van der Waals surface area contributed by atoms with Crippen molar-refractivity contribution in [1.29, 1.82) is 0 Å². The molecule has 2 saturated heterocycles. The highest BCUT2D eigenvalue weighted by Gasteiger charge is 2.26. The summed E-state index contributed by atoms with van der Waals surface area (Å²) in [6.45, 7) is 9.73. The number of piperidine rings is 1. The summed E-state index contributed by atoms with van der Waals surface area (Å²) in [5, 5.41) is 6.45. The number of carbonyl (C=O) groups excluding carboxylic acids is 1. The normalized spacial score (nSPS) is 26.4. The number of ether oxygens (including phenoxy) is 1. The lowest BCUT2D eigenvalue weighted by Crippen LogP contribution is -2.54. The van der Waals surface area contributed by atoms with Crippen molar-refractivity contribution in [2.45, 2.75) is 45.2 Å². The highest BCUT2D eigenvalue weighted by Crippen LogP contribution is 2.13. The summed E-state index contributed by atoms with van der Waals surface area (Å²) in [6.07, 6.45) is 3.31. The molecule has 0 aromatic carbocycles. The molecule has 2 fully saturated rings. The van der Waals surface area contributed by atoms with Gasteiger partial charge in [0, 0.05) is 25.7 Å². The standard InChI is InChI=1S/C15H29N3O2/c1-12(2)14(18-7-9-20-10-8-18)11-17-15(19)13-5-3-4-6-16-13/h12-14,16H,3-11H2,1-2H3,(H,17,19). The maximum absolute atomic E-state index is 12.2. The maximum atomic E-state index is 12.2. The third kappa shape index (κ3) is 4.43. The van der Waals surface area contributed by atoms with Crippen molar-refractivity contribution in [3.05, 3.63) is 0 Å². The molecule has 5 nitrogen and oxygen atoms in total. The summed E-state index contributed by atoms with van der Waals surface area (Å²) in [4.78, 5) is 14.6. The number of hydrogen-bond donors (Lipinski definition) is 2. The molecule has 0 aromatic rings. The summed E-state index contributed by atoms with van der Waals surface area (Å²) >= 11 is 0. The van der Waals surface area contributed by atoms with E-state index in [0.29, 0.717) is 12.0 Å². The van der Waals surface area contributed by atoms with E-state index in [2.05, 4.69) is 29.4 Å². The Morgan fingerprint density at radius 1 is 1.35 bits per heavy atom. The van der Waals surface area contributed by atoms with Gasteiger partial charge in [-0.2, -0.15) is 0 Å². The second-order valence-corrected chi connectivity index (χ2v) is 6.21. The van der Waals surface area contributed by atoms with Crippen LogP contribution in [0.3, 0.4) is 0 Å². The fourth-order valence-corrected chi connectivity index (χ4v) is 3.10. The average molecular weight is 283 g/mol. The monoisotopic (exact) mass is 283 g/mol. The van der Waals surface area contributed by atoms with Gasteiger partial charge in [-0.1, -0.05) is 20.3 Å². The smallest absolute Gasteiger partial charge is 0.237 e. The molecule has 116 valence electrons. The molecule has 2 atom stereocenters. The fraction of sp³-hybridized carbons (Fsp3) is 0.933. The molecule has 2 N–H and O–H groups in total. The molecule has 1 amide bonds. The van der Waals surface area contributed by atoms with Crippen LogP contribution in [0, 0.1) is 5.92 Å². The summed E-state index contributed by atoms with van der Waals surface area (Å²) in [5.74, 6) is 0.705. The lowest BCUT2D eigenvalue weighted by atomic mass is 10.0. The predicted octanol–water partition coefficient (Wildman–Crippen LogP) is 0.602. The van der Waals surface area contributed by atoms with Gasteiger partial charge in [0.25, 0.3) is 0 Å². The molecule has 5 heteroatoms. The van der Waals surface area contributed by atoms with Crippen LogP contribution in [0.4, 0.5) is 0 Å². The van der Waals surface area contributed by atoms with Crippen LogP contribution >= 0.6 is 0 Å². The van der Waals surface area contributed by atoms with E-state index < -0.39 is 0 Å². The summed E-state index contributed by atoms with van der Waals surface area (Å²) in [7, 11) is 0. The molecule has 0 saturated carbocycles. The van der Waals surface area contributed by atoms with E-state index >= 15 is 0 Å². The Kier molecular flexibility index (Phi) is 6.26. The summed E-state index contributed by atoms with van der Waals surface area (Å²) < 4.78 is 5.41. The topological polar surface area (TPSA) is 53.6 Å². The van der Waals surface area contributed by atoms with E-state index in [1.165, 1.54) is 6.42 Å². The molecular formula is C15H29N3O2. The van der Waals surface area contributed by atoms with Crippen LogP contribution in [0.15, 0.2) is 0 Å². The van der Waals surface area contributed by atoms with E-state index in [-0.39, 0.29) is 11.9 Å². The molecule has 2 aliphatic rings. The summed E-state index contributed by atoms with van der Waals surface area (Å²) in [5.41, 5.74) is 0. The molecule has 20 heavy (non-hydrogen) atoms. The highest BCUT2D eigenvalue weighted by molar-refractivity contribution is 5.81. The van der Waals surface area contributed by atoms with Gasteiger partial charge in [0.15, 0.2) is 0 Å². The zero-order valence-electron chi connectivity index (χ0n) is 12.9. The van der Waals surface area contributed by atoms with Gasteiger partial charge in [-0.25, -0.2) is 0 Å². The first-order valence-electron chi connectivity index (χ1n) is 8.01. The van der Waals surface area contributed by atoms with Crippen LogP contribution in [0.1, 0.15) is 33.1 Å². The number of carbonyl (C=O) groups is 1. The van der Waals surface area contributed by atoms with Crippen molar-refractivity contribution >= 4 is 5.91 Å². The zero-order valence-corrected chi connectivity index (χ0v) is 12.9. The molecule has 0 aliphatic carbocycles. The van der Waals surface area contributed by atoms with Gasteiger partial charge < -0.3 is 15.4 Å². The minimum Gasteiger partial charge on any atom is -0.379 e. The molecule has 0 bridgehead atoms. The molecule has 2 heterocycles. The Labute approximate surface area is 122 Å². The van der Waals surface area contributed by atoms with Crippen molar-refractivity contribution < 1.29 is 9.53 Å². The lowest BCUT2D eigenvalue weighted by molar-refractivity contribution is -0.124. The Morgan fingerprint density at radius 3 is 2.70 bits per heavy atom. The van der Waals surface area contributed by atoms with Crippen LogP contribution in [-0.4, -0.2) is 62.3 Å². The number of nitrogens with one attached hydrogen (secondary N) is 2. The Balaban J connectivity index is 1.80. The van der Waals surface area contributed by atoms with Crippen LogP contribution in [0.25, 0.3) is 0 Å². The molecule has 0 aromatic heterocycles. The van der Waals surface area contributed by atoms with Gasteiger partial charge in [0.05, 0.1) is 19.3 Å². The van der Waals surface area contributed by atoms with Crippen molar-refractivity contribution in [2.24, 2.45) is 5.92 Å². The second kappa shape index (κ2) is 7.96. The van der Waals surface area contributed by atoms with Crippen molar-refractivity contribution in [3.8, 4) is 0 Å². The van der Waals surface area contributed by atoms with Crippen LogP contribution in [0.2, 0.25) is 0 Å². The summed E-state index contributed by atoms with van der Waals surface area (Å²) in [6, 6.07) is 0.424. The molecule has 0 spiro atoms. The zero-order chi connectivity index (χ0) is 14.4. The molecule has 0 radical (unpaired) electrons. The number of morpholine rings is 1. The van der Waals surface area contributed by atoms with E-state index in [9.17, 15) is 4.79 Å². The van der Waals surface area contributed by atoms with Crippen LogP contribution < -0.4 is 10.6 Å². The van der Waals surface area contributed by atoms with Gasteiger partial charge in [-0.05, 0) is 25.3 Å². The lowest BCUT2D eigenvalue weighted by Gasteiger charge is -2.37. The van der Waals surface area contributed by atoms with Crippen molar-refractivity contribution in [1.82, 2.24) is 15.5 Å². The van der Waals surface area contributed by atoms with E-state index in [4.69, 9.17) is 4.74 Å². The average Bonchev–Trinajstić information content (AvgIpc) is 2.49. The predicted molar refractivity (Wildman–Crippen MR) is 79.7 cm³/mol. The van der Waals surface area contributed by atoms with Crippen LogP contribution in [-0.2, 0) is 9.53 Å². The van der Waals surface area contributed by atoms with E-state index in [1.807, 2.05) is 0 Å². The third-order valence-electron chi connectivity index (χ3n) is 4.40. The number of amides is 1. The maximum Gasteiger partial charge on any atom is 0.237 e. The van der Waals surface area contributed by atoms with E-state index in [0.717, 1.165) is 52.2 Å². The van der Waals surface area contributed by atoms with Crippen LogP contribution in [0.5, 0.6) is 0 Å². The molecule has 2 unspecified atom stereocenters. The van der Waals surface area contributed by atoms with Gasteiger partial charge in [-0.3, -0.25) is 9.69 Å².